The molecular weight excluding hydrogens is 360 g/mol. The minimum absolute atomic E-state index is 0. The van der Waals surface area contributed by atoms with E-state index in [-0.39, 0.29) is 24.4 Å². The molecule has 3 rings (SSSR count). The van der Waals surface area contributed by atoms with Gasteiger partial charge in [0.1, 0.15) is 17.8 Å². The summed E-state index contributed by atoms with van der Waals surface area (Å²) in [6.07, 6.45) is -0.187. The average Bonchev–Trinajstić information content (AvgIpc) is 3.12. The number of amides is 1. The molecule has 0 saturated carbocycles. The fraction of sp³-hybridized carbons (Fsp3) is 0.471. The molecule has 0 spiro atoms. The number of morpholine rings is 1. The third kappa shape index (κ3) is 4.32. The van der Waals surface area contributed by atoms with Gasteiger partial charge >= 0.3 is 0 Å². The van der Waals surface area contributed by atoms with Gasteiger partial charge in [-0.05, 0) is 26.0 Å². The number of halogens is 1. The zero-order chi connectivity index (χ0) is 17.8. The number of nitrogens with one attached hydrogen (secondary N) is 2. The van der Waals surface area contributed by atoms with Crippen LogP contribution in [0.1, 0.15) is 25.8 Å². The van der Waals surface area contributed by atoms with Crippen molar-refractivity contribution in [1.29, 1.82) is 0 Å². The highest BCUT2D eigenvalue weighted by Crippen LogP contribution is 2.28. The van der Waals surface area contributed by atoms with E-state index in [4.69, 9.17) is 14.0 Å². The molecule has 0 aliphatic carbocycles. The number of nitrogens with zero attached hydrogens (tertiary/aromatic N) is 2. The van der Waals surface area contributed by atoms with Gasteiger partial charge in [0.25, 0.3) is 0 Å². The largest absolute Gasteiger partial charge is 0.496 e. The van der Waals surface area contributed by atoms with Crippen molar-refractivity contribution in [2.45, 2.75) is 32.0 Å². The van der Waals surface area contributed by atoms with Gasteiger partial charge in [-0.1, -0.05) is 17.3 Å². The third-order valence-corrected chi connectivity index (χ3v) is 4.12. The number of hydrogen-bond donors (Lipinski definition) is 2. The van der Waals surface area contributed by atoms with Crippen LogP contribution in [0.2, 0.25) is 0 Å². The van der Waals surface area contributed by atoms with Gasteiger partial charge < -0.3 is 24.6 Å². The molecular formula is C17H23ClN4O4. The SMILES string of the molecule is COc1ccccc1-c1noc(C(C)NC(=O)[C@H]2NCCO[C@@H]2C)n1.Cl. The quantitative estimate of drug-likeness (QED) is 0.812. The Kier molecular flexibility index (Phi) is 6.96. The summed E-state index contributed by atoms with van der Waals surface area (Å²) in [6.45, 7) is 4.92. The number of benzene rings is 1. The molecule has 1 fully saturated rings. The van der Waals surface area contributed by atoms with Crippen molar-refractivity contribution in [1.82, 2.24) is 20.8 Å². The Bertz CT molecular complexity index is 739. The third-order valence-electron chi connectivity index (χ3n) is 4.12. The fourth-order valence-corrected chi connectivity index (χ4v) is 2.74. The minimum Gasteiger partial charge on any atom is -0.496 e. The molecule has 0 radical (unpaired) electrons. The lowest BCUT2D eigenvalue weighted by atomic mass is 10.1. The number of carbonyl (C=O) groups excluding carboxylic acids is 1. The van der Waals surface area contributed by atoms with Crippen LogP contribution in [0.5, 0.6) is 5.75 Å². The van der Waals surface area contributed by atoms with Gasteiger partial charge in [-0.2, -0.15) is 4.98 Å². The lowest BCUT2D eigenvalue weighted by Gasteiger charge is -2.29. The number of ether oxygens (including phenoxy) is 2. The van der Waals surface area contributed by atoms with Crippen molar-refractivity contribution in [3.8, 4) is 17.1 Å². The van der Waals surface area contributed by atoms with E-state index >= 15 is 0 Å². The van der Waals surface area contributed by atoms with Crippen molar-refractivity contribution in [2.24, 2.45) is 0 Å². The Morgan fingerprint density at radius 2 is 2.19 bits per heavy atom. The summed E-state index contributed by atoms with van der Waals surface area (Å²) in [7, 11) is 1.59. The molecule has 142 valence electrons. The predicted octanol–water partition coefficient (Wildman–Crippen LogP) is 1.72. The number of carbonyl (C=O) groups is 1. The lowest BCUT2D eigenvalue weighted by Crippen LogP contribution is -2.55. The second-order valence-electron chi connectivity index (χ2n) is 5.89. The number of hydrogen-bond acceptors (Lipinski definition) is 7. The molecule has 1 amide bonds. The van der Waals surface area contributed by atoms with Crippen LogP contribution in [-0.2, 0) is 9.53 Å². The summed E-state index contributed by atoms with van der Waals surface area (Å²) in [4.78, 5) is 16.8. The molecule has 1 aliphatic heterocycles. The van der Waals surface area contributed by atoms with Gasteiger partial charge in [0.15, 0.2) is 0 Å². The van der Waals surface area contributed by atoms with Crippen LogP contribution in [0.15, 0.2) is 28.8 Å². The van der Waals surface area contributed by atoms with Crippen LogP contribution >= 0.6 is 12.4 Å². The molecule has 3 atom stereocenters. The summed E-state index contributed by atoms with van der Waals surface area (Å²) < 4.78 is 16.1. The molecule has 2 N–H and O–H groups in total. The molecule has 9 heteroatoms. The predicted molar refractivity (Wildman–Crippen MR) is 97.3 cm³/mol. The maximum Gasteiger partial charge on any atom is 0.249 e. The van der Waals surface area contributed by atoms with Crippen LogP contribution in [-0.4, -0.2) is 48.5 Å². The number of methoxy groups -OCH3 is 1. The van der Waals surface area contributed by atoms with Gasteiger partial charge in [-0.25, -0.2) is 0 Å². The number of para-hydroxylation sites is 1. The summed E-state index contributed by atoms with van der Waals surface area (Å²) in [5, 5.41) is 10.0. The van der Waals surface area contributed by atoms with Crippen molar-refractivity contribution < 1.29 is 18.8 Å². The summed E-state index contributed by atoms with van der Waals surface area (Å²) >= 11 is 0. The zero-order valence-electron chi connectivity index (χ0n) is 14.9. The Morgan fingerprint density at radius 3 is 2.92 bits per heavy atom. The van der Waals surface area contributed by atoms with E-state index in [1.807, 2.05) is 31.2 Å². The molecule has 1 aromatic carbocycles. The van der Waals surface area contributed by atoms with Crippen LogP contribution < -0.4 is 15.4 Å². The second kappa shape index (κ2) is 8.98. The smallest absolute Gasteiger partial charge is 0.249 e. The molecule has 8 nitrogen and oxygen atoms in total. The van der Waals surface area contributed by atoms with Crippen LogP contribution in [0, 0.1) is 0 Å². The second-order valence-corrected chi connectivity index (χ2v) is 5.89. The standard InChI is InChI=1S/C17H22N4O4.ClH/c1-10(19-16(22)14-11(2)24-9-8-18-14)17-20-15(21-25-17)12-6-4-5-7-13(12)23-3;/h4-7,10-11,14,18H,8-9H2,1-3H3,(H,19,22);1H/t10?,11-,14+;/m1./s1. The highest BCUT2D eigenvalue weighted by Gasteiger charge is 2.30. The zero-order valence-corrected chi connectivity index (χ0v) is 15.7. The first kappa shape index (κ1) is 20.2. The van der Waals surface area contributed by atoms with Crippen LogP contribution in [0.25, 0.3) is 11.4 Å². The van der Waals surface area contributed by atoms with E-state index in [1.165, 1.54) is 0 Å². The molecule has 1 saturated heterocycles. The highest BCUT2D eigenvalue weighted by molar-refractivity contribution is 5.85. The van der Waals surface area contributed by atoms with Gasteiger partial charge in [0, 0.05) is 6.54 Å². The van der Waals surface area contributed by atoms with Gasteiger partial charge in [-0.15, -0.1) is 12.4 Å². The Morgan fingerprint density at radius 1 is 1.42 bits per heavy atom. The first-order chi connectivity index (χ1) is 12.1. The van der Waals surface area contributed by atoms with E-state index in [2.05, 4.69) is 20.8 Å². The molecule has 26 heavy (non-hydrogen) atoms. The highest BCUT2D eigenvalue weighted by atomic mass is 35.5. The number of rotatable bonds is 5. The Labute approximate surface area is 158 Å². The Hall–Kier alpha value is -2.16. The fourth-order valence-electron chi connectivity index (χ4n) is 2.74. The maximum absolute atomic E-state index is 12.4. The van der Waals surface area contributed by atoms with Crippen molar-refractivity contribution in [3.63, 3.8) is 0 Å². The van der Waals surface area contributed by atoms with E-state index in [0.717, 1.165) is 5.56 Å². The molecule has 1 aromatic heterocycles. The average molecular weight is 383 g/mol. The summed E-state index contributed by atoms with van der Waals surface area (Å²) in [5.74, 6) is 1.25. The summed E-state index contributed by atoms with van der Waals surface area (Å²) in [5.41, 5.74) is 0.731. The van der Waals surface area contributed by atoms with Crippen molar-refractivity contribution >= 4 is 18.3 Å². The first-order valence-corrected chi connectivity index (χ1v) is 8.22. The van der Waals surface area contributed by atoms with E-state index < -0.39 is 12.1 Å². The van der Waals surface area contributed by atoms with Gasteiger partial charge in [-0.3, -0.25) is 4.79 Å². The van der Waals surface area contributed by atoms with E-state index in [0.29, 0.717) is 30.6 Å². The monoisotopic (exact) mass is 382 g/mol. The molecule has 0 bridgehead atoms. The maximum atomic E-state index is 12.4. The van der Waals surface area contributed by atoms with E-state index in [9.17, 15) is 4.79 Å². The van der Waals surface area contributed by atoms with Gasteiger partial charge in [0.2, 0.25) is 17.6 Å². The number of aromatic nitrogens is 2. The van der Waals surface area contributed by atoms with Crippen LogP contribution in [0.4, 0.5) is 0 Å². The van der Waals surface area contributed by atoms with Crippen molar-refractivity contribution in [3.05, 3.63) is 30.2 Å². The normalized spacial score (nSPS) is 20.7. The molecule has 1 aliphatic rings. The molecule has 2 heterocycles. The molecule has 1 unspecified atom stereocenters. The van der Waals surface area contributed by atoms with Gasteiger partial charge in [0.05, 0.1) is 25.4 Å². The summed E-state index contributed by atoms with van der Waals surface area (Å²) in [6, 6.07) is 6.60. The van der Waals surface area contributed by atoms with Crippen molar-refractivity contribution in [2.75, 3.05) is 20.3 Å². The lowest BCUT2D eigenvalue weighted by molar-refractivity contribution is -0.129. The topological polar surface area (TPSA) is 98.5 Å². The van der Waals surface area contributed by atoms with E-state index in [1.54, 1.807) is 14.0 Å². The van der Waals surface area contributed by atoms with Crippen LogP contribution in [0.3, 0.4) is 0 Å². The minimum atomic E-state index is -0.417. The Balaban J connectivity index is 0.00000243. The molecule has 2 aromatic rings. The first-order valence-electron chi connectivity index (χ1n) is 8.22.